The van der Waals surface area contributed by atoms with Crippen molar-refractivity contribution in [3.05, 3.63) is 53.7 Å². The van der Waals surface area contributed by atoms with E-state index in [9.17, 15) is 0 Å². The molecule has 0 aliphatic heterocycles. The molecule has 0 aliphatic rings. The predicted molar refractivity (Wildman–Crippen MR) is 97.2 cm³/mol. The lowest BCUT2D eigenvalue weighted by Gasteiger charge is -2.17. The van der Waals surface area contributed by atoms with Gasteiger partial charge in [0.15, 0.2) is 17.2 Å². The third-order valence-corrected chi connectivity index (χ3v) is 4.13. The summed E-state index contributed by atoms with van der Waals surface area (Å²) in [6.45, 7) is 0. The van der Waals surface area contributed by atoms with E-state index in [4.69, 9.17) is 18.9 Å². The molecule has 0 saturated heterocycles. The van der Waals surface area contributed by atoms with Gasteiger partial charge in [-0.15, -0.1) is 0 Å². The van der Waals surface area contributed by atoms with E-state index in [1.54, 1.807) is 28.4 Å². The molecule has 5 nitrogen and oxygen atoms in total. The molecule has 0 amide bonds. The number of pyridine rings is 1. The number of fused-ring (bicyclic) bond motifs is 1. The molecule has 3 aromatic rings. The lowest BCUT2D eigenvalue weighted by molar-refractivity contribution is 0.339. The SMILES string of the molecule is COc1ccc2c(Cc3ccccc3)nc(OC)c(OC)c2c1OC. The summed E-state index contributed by atoms with van der Waals surface area (Å²) in [6, 6.07) is 14.0. The van der Waals surface area contributed by atoms with Crippen LogP contribution in [0.5, 0.6) is 23.1 Å². The van der Waals surface area contributed by atoms with Crippen LogP contribution in [-0.4, -0.2) is 33.4 Å². The number of ether oxygens (including phenoxy) is 4. The van der Waals surface area contributed by atoms with Crippen molar-refractivity contribution in [2.45, 2.75) is 6.42 Å². The van der Waals surface area contributed by atoms with Crippen molar-refractivity contribution in [3.63, 3.8) is 0 Å². The fourth-order valence-electron chi connectivity index (χ4n) is 2.99. The molecule has 0 atom stereocenters. The lowest BCUT2D eigenvalue weighted by Crippen LogP contribution is -2.03. The van der Waals surface area contributed by atoms with Gasteiger partial charge in [0.25, 0.3) is 5.88 Å². The van der Waals surface area contributed by atoms with Gasteiger partial charge in [-0.1, -0.05) is 30.3 Å². The van der Waals surface area contributed by atoms with Crippen molar-refractivity contribution < 1.29 is 18.9 Å². The van der Waals surface area contributed by atoms with E-state index >= 15 is 0 Å². The van der Waals surface area contributed by atoms with Crippen LogP contribution < -0.4 is 18.9 Å². The molecule has 1 heterocycles. The number of nitrogens with zero attached hydrogens (tertiary/aromatic N) is 1. The summed E-state index contributed by atoms with van der Waals surface area (Å²) in [6.07, 6.45) is 0.674. The van der Waals surface area contributed by atoms with Crippen LogP contribution in [0, 0.1) is 0 Å². The van der Waals surface area contributed by atoms with Gasteiger partial charge in [-0.25, -0.2) is 4.98 Å². The molecule has 0 saturated carbocycles. The highest BCUT2D eigenvalue weighted by Crippen LogP contribution is 2.45. The highest BCUT2D eigenvalue weighted by molar-refractivity contribution is 5.98. The molecule has 2 aromatic carbocycles. The summed E-state index contributed by atoms with van der Waals surface area (Å²) < 4.78 is 22.1. The first-order valence-electron chi connectivity index (χ1n) is 7.93. The molecular weight excluding hydrogens is 318 g/mol. The Kier molecular flexibility index (Phi) is 4.93. The maximum Gasteiger partial charge on any atom is 0.257 e. The number of aromatic nitrogens is 1. The molecule has 130 valence electrons. The summed E-state index contributed by atoms with van der Waals surface area (Å²) in [4.78, 5) is 4.67. The van der Waals surface area contributed by atoms with Crippen molar-refractivity contribution in [1.29, 1.82) is 0 Å². The Balaban J connectivity index is 2.31. The van der Waals surface area contributed by atoms with Gasteiger partial charge in [0.05, 0.1) is 39.5 Å². The molecule has 0 fully saturated rings. The van der Waals surface area contributed by atoms with Gasteiger partial charge in [-0.2, -0.15) is 0 Å². The van der Waals surface area contributed by atoms with Crippen molar-refractivity contribution in [3.8, 4) is 23.1 Å². The fourth-order valence-corrected chi connectivity index (χ4v) is 2.99. The van der Waals surface area contributed by atoms with Gasteiger partial charge < -0.3 is 18.9 Å². The Bertz CT molecular complexity index is 868. The molecule has 0 N–H and O–H groups in total. The Hall–Kier alpha value is -2.95. The van der Waals surface area contributed by atoms with Crippen LogP contribution in [0.25, 0.3) is 10.8 Å². The van der Waals surface area contributed by atoms with E-state index in [0.717, 1.165) is 16.5 Å². The first kappa shape index (κ1) is 16.9. The molecule has 0 aliphatic carbocycles. The van der Waals surface area contributed by atoms with Gasteiger partial charge in [-0.3, -0.25) is 0 Å². The number of benzene rings is 2. The molecule has 0 unspecified atom stereocenters. The van der Waals surface area contributed by atoms with Crippen molar-refractivity contribution >= 4 is 10.8 Å². The molecule has 0 bridgehead atoms. The number of hydrogen-bond acceptors (Lipinski definition) is 5. The normalized spacial score (nSPS) is 10.6. The van der Waals surface area contributed by atoms with Crippen molar-refractivity contribution in [1.82, 2.24) is 4.98 Å². The second-order valence-corrected chi connectivity index (χ2v) is 5.49. The molecular formula is C20H21NO4. The second-order valence-electron chi connectivity index (χ2n) is 5.49. The molecule has 1 aromatic heterocycles. The minimum atomic E-state index is 0.424. The zero-order valence-electron chi connectivity index (χ0n) is 14.8. The monoisotopic (exact) mass is 339 g/mol. The lowest BCUT2D eigenvalue weighted by atomic mass is 10.0. The quantitative estimate of drug-likeness (QED) is 0.682. The predicted octanol–water partition coefficient (Wildman–Crippen LogP) is 3.86. The smallest absolute Gasteiger partial charge is 0.257 e. The molecule has 3 rings (SSSR count). The van der Waals surface area contributed by atoms with E-state index in [2.05, 4.69) is 17.1 Å². The number of methoxy groups -OCH3 is 4. The van der Waals surface area contributed by atoms with Gasteiger partial charge in [0.2, 0.25) is 0 Å². The fraction of sp³-hybridized carbons (Fsp3) is 0.250. The van der Waals surface area contributed by atoms with E-state index in [-0.39, 0.29) is 0 Å². The van der Waals surface area contributed by atoms with Crippen molar-refractivity contribution in [2.24, 2.45) is 0 Å². The maximum absolute atomic E-state index is 5.61. The average Bonchev–Trinajstić information content (AvgIpc) is 2.67. The van der Waals surface area contributed by atoms with Crippen LogP contribution in [0.1, 0.15) is 11.3 Å². The van der Waals surface area contributed by atoms with Gasteiger partial charge in [-0.05, 0) is 17.7 Å². The minimum Gasteiger partial charge on any atom is -0.493 e. The Morgan fingerprint density at radius 2 is 1.48 bits per heavy atom. The summed E-state index contributed by atoms with van der Waals surface area (Å²) in [5, 5.41) is 1.74. The largest absolute Gasteiger partial charge is 0.493 e. The Morgan fingerprint density at radius 1 is 0.760 bits per heavy atom. The summed E-state index contributed by atoms with van der Waals surface area (Å²) in [5.74, 6) is 2.19. The van der Waals surface area contributed by atoms with Crippen LogP contribution in [0.15, 0.2) is 42.5 Å². The van der Waals surface area contributed by atoms with Gasteiger partial charge in [0.1, 0.15) is 0 Å². The standard InChI is InChI=1S/C20H21NO4/c1-22-16-11-10-14-15(12-13-8-6-5-7-9-13)21-20(25-4)19(24-3)17(14)18(16)23-2/h5-11H,12H2,1-4H3. The molecule has 5 heteroatoms. The van der Waals surface area contributed by atoms with Crippen molar-refractivity contribution in [2.75, 3.05) is 28.4 Å². The van der Waals surface area contributed by atoms with E-state index in [1.165, 1.54) is 5.56 Å². The topological polar surface area (TPSA) is 49.8 Å². The van der Waals surface area contributed by atoms with Gasteiger partial charge in [0, 0.05) is 11.8 Å². The molecule has 25 heavy (non-hydrogen) atoms. The van der Waals surface area contributed by atoms with E-state index in [1.807, 2.05) is 30.3 Å². The maximum atomic E-state index is 5.61. The van der Waals surface area contributed by atoms with Crippen LogP contribution >= 0.6 is 0 Å². The van der Waals surface area contributed by atoms with Crippen LogP contribution in [0.2, 0.25) is 0 Å². The highest BCUT2D eigenvalue weighted by atomic mass is 16.5. The molecule has 0 radical (unpaired) electrons. The first-order chi connectivity index (χ1) is 12.2. The summed E-state index contributed by atoms with van der Waals surface area (Å²) in [5.41, 5.74) is 2.05. The summed E-state index contributed by atoms with van der Waals surface area (Å²) >= 11 is 0. The Morgan fingerprint density at radius 3 is 2.08 bits per heavy atom. The second kappa shape index (κ2) is 7.30. The average molecular weight is 339 g/mol. The third kappa shape index (κ3) is 3.05. The minimum absolute atomic E-state index is 0.424. The molecule has 0 spiro atoms. The third-order valence-electron chi connectivity index (χ3n) is 4.13. The van der Waals surface area contributed by atoms with Crippen LogP contribution in [-0.2, 0) is 6.42 Å². The van der Waals surface area contributed by atoms with E-state index in [0.29, 0.717) is 29.5 Å². The Labute approximate surface area is 147 Å². The van der Waals surface area contributed by atoms with Crippen LogP contribution in [0.4, 0.5) is 0 Å². The zero-order valence-corrected chi connectivity index (χ0v) is 14.8. The first-order valence-corrected chi connectivity index (χ1v) is 7.93. The number of rotatable bonds is 6. The zero-order chi connectivity index (χ0) is 17.8. The van der Waals surface area contributed by atoms with Crippen LogP contribution in [0.3, 0.4) is 0 Å². The highest BCUT2D eigenvalue weighted by Gasteiger charge is 2.21. The van der Waals surface area contributed by atoms with E-state index < -0.39 is 0 Å². The summed E-state index contributed by atoms with van der Waals surface area (Å²) in [7, 11) is 6.39. The van der Waals surface area contributed by atoms with Gasteiger partial charge >= 0.3 is 0 Å². The number of hydrogen-bond donors (Lipinski definition) is 0.